The van der Waals surface area contributed by atoms with Crippen LogP contribution >= 0.6 is 11.3 Å². The van der Waals surface area contributed by atoms with E-state index in [1.165, 1.54) is 11.3 Å². The molecule has 1 heterocycles. The second-order valence-electron chi connectivity index (χ2n) is 3.27. The van der Waals surface area contributed by atoms with E-state index in [0.29, 0.717) is 18.2 Å². The van der Waals surface area contributed by atoms with Crippen LogP contribution in [0.5, 0.6) is 0 Å². The Balaban J connectivity index is 2.30. The van der Waals surface area contributed by atoms with Gasteiger partial charge >= 0.3 is 0 Å². The zero-order chi connectivity index (χ0) is 11.8. The molecule has 0 spiro atoms. The fourth-order valence-electron chi connectivity index (χ4n) is 1.02. The van der Waals surface area contributed by atoms with Crippen LogP contribution in [0.2, 0.25) is 0 Å². The van der Waals surface area contributed by atoms with Crippen molar-refractivity contribution in [3.63, 3.8) is 0 Å². The summed E-state index contributed by atoms with van der Waals surface area (Å²) in [6.45, 7) is 5.31. The molecule has 0 radical (unpaired) electrons. The Bertz CT molecular complexity index is 328. The first-order valence-corrected chi connectivity index (χ1v) is 6.27. The summed E-state index contributed by atoms with van der Waals surface area (Å²) in [5, 5.41) is 12.0. The lowest BCUT2D eigenvalue weighted by atomic mass is 10.5. The molecular formula is C10H17N3O2S. The van der Waals surface area contributed by atoms with Crippen molar-refractivity contribution < 1.29 is 9.53 Å². The van der Waals surface area contributed by atoms with E-state index in [4.69, 9.17) is 4.74 Å². The predicted octanol–water partition coefficient (Wildman–Crippen LogP) is 1.86. The van der Waals surface area contributed by atoms with E-state index >= 15 is 0 Å². The number of aromatic nitrogens is 2. The highest BCUT2D eigenvalue weighted by molar-refractivity contribution is 7.15. The van der Waals surface area contributed by atoms with Crippen LogP contribution in [0, 0.1) is 0 Å². The molecule has 90 valence electrons. The van der Waals surface area contributed by atoms with E-state index < -0.39 is 0 Å². The highest BCUT2D eigenvalue weighted by Crippen LogP contribution is 2.15. The molecule has 0 bridgehead atoms. The number of rotatable bonds is 7. The van der Waals surface area contributed by atoms with Gasteiger partial charge in [0.15, 0.2) is 0 Å². The van der Waals surface area contributed by atoms with Gasteiger partial charge < -0.3 is 10.1 Å². The zero-order valence-corrected chi connectivity index (χ0v) is 10.5. The van der Waals surface area contributed by atoms with E-state index in [-0.39, 0.29) is 5.91 Å². The van der Waals surface area contributed by atoms with E-state index in [0.717, 1.165) is 24.5 Å². The average molecular weight is 243 g/mol. The molecule has 0 aliphatic rings. The Morgan fingerprint density at radius 3 is 2.88 bits per heavy atom. The zero-order valence-electron chi connectivity index (χ0n) is 9.65. The molecule has 1 aromatic heterocycles. The Kier molecular flexibility index (Phi) is 5.95. The average Bonchev–Trinajstić information content (AvgIpc) is 2.72. The highest BCUT2D eigenvalue weighted by atomic mass is 32.1. The van der Waals surface area contributed by atoms with Gasteiger partial charge in [-0.1, -0.05) is 25.2 Å². The molecule has 1 rings (SSSR count). The minimum absolute atomic E-state index is 0.0371. The van der Waals surface area contributed by atoms with E-state index in [1.807, 2.05) is 0 Å². The van der Waals surface area contributed by atoms with Crippen LogP contribution in [0.3, 0.4) is 0 Å². The summed E-state index contributed by atoms with van der Waals surface area (Å²) in [5.74, 6) is -0.0371. The number of nitrogens with one attached hydrogen (secondary N) is 1. The molecule has 6 heteroatoms. The summed E-state index contributed by atoms with van der Waals surface area (Å²) in [7, 11) is 0. The molecule has 0 aliphatic carbocycles. The number of hydrogen-bond donors (Lipinski definition) is 1. The van der Waals surface area contributed by atoms with Crippen LogP contribution < -0.4 is 5.32 Å². The van der Waals surface area contributed by atoms with Gasteiger partial charge in [-0.3, -0.25) is 4.79 Å². The molecule has 16 heavy (non-hydrogen) atoms. The van der Waals surface area contributed by atoms with Crippen molar-refractivity contribution in [3.05, 3.63) is 5.01 Å². The van der Waals surface area contributed by atoms with Gasteiger partial charge in [0.1, 0.15) is 5.01 Å². The monoisotopic (exact) mass is 243 g/mol. The first-order chi connectivity index (χ1) is 7.76. The summed E-state index contributed by atoms with van der Waals surface area (Å²) in [6, 6.07) is 0. The van der Waals surface area contributed by atoms with E-state index in [9.17, 15) is 4.79 Å². The molecule has 1 aromatic rings. The summed E-state index contributed by atoms with van der Waals surface area (Å²) in [6.07, 6.45) is 2.22. The van der Waals surface area contributed by atoms with Crippen molar-refractivity contribution in [2.24, 2.45) is 0 Å². The van der Waals surface area contributed by atoms with E-state index in [1.54, 1.807) is 6.92 Å². The molecule has 0 saturated carbocycles. The Morgan fingerprint density at radius 1 is 1.38 bits per heavy atom. The normalized spacial score (nSPS) is 10.4. The van der Waals surface area contributed by atoms with Crippen molar-refractivity contribution >= 4 is 22.4 Å². The first-order valence-electron chi connectivity index (χ1n) is 5.46. The Hall–Kier alpha value is -1.01. The Morgan fingerprint density at radius 2 is 2.19 bits per heavy atom. The van der Waals surface area contributed by atoms with Crippen molar-refractivity contribution in [1.29, 1.82) is 0 Å². The fourth-order valence-corrected chi connectivity index (χ4v) is 1.76. The van der Waals surface area contributed by atoms with Crippen LogP contribution in [-0.2, 0) is 16.0 Å². The third kappa shape index (κ3) is 4.67. The van der Waals surface area contributed by atoms with Gasteiger partial charge in [-0.2, -0.15) is 0 Å². The molecule has 0 atom stereocenters. The minimum Gasteiger partial charge on any atom is -0.381 e. The van der Waals surface area contributed by atoms with Gasteiger partial charge in [0.25, 0.3) is 0 Å². The molecular weight excluding hydrogens is 226 g/mol. The highest BCUT2D eigenvalue weighted by Gasteiger charge is 2.06. The molecule has 1 N–H and O–H groups in total. The van der Waals surface area contributed by atoms with Crippen LogP contribution in [0.15, 0.2) is 0 Å². The van der Waals surface area contributed by atoms with Crippen LogP contribution in [0.1, 0.15) is 31.7 Å². The van der Waals surface area contributed by atoms with Crippen molar-refractivity contribution in [3.8, 4) is 0 Å². The van der Waals surface area contributed by atoms with Crippen LogP contribution in [0.25, 0.3) is 0 Å². The molecule has 0 unspecified atom stereocenters. The van der Waals surface area contributed by atoms with Crippen molar-refractivity contribution in [2.45, 2.75) is 33.1 Å². The maximum absolute atomic E-state index is 11.1. The number of nitrogens with zero attached hydrogens (tertiary/aromatic N) is 2. The fraction of sp³-hybridized carbons (Fsp3) is 0.700. The minimum atomic E-state index is -0.0371. The first kappa shape index (κ1) is 13.1. The molecule has 0 aliphatic heterocycles. The molecule has 0 saturated heterocycles. The summed E-state index contributed by atoms with van der Waals surface area (Å²) in [5.41, 5.74) is 0. The molecule has 0 aromatic carbocycles. The third-order valence-corrected chi connectivity index (χ3v) is 2.74. The number of ether oxygens (including phenoxy) is 1. The van der Waals surface area contributed by atoms with Gasteiger partial charge in [-0.15, -0.1) is 10.2 Å². The third-order valence-electron chi connectivity index (χ3n) is 1.84. The predicted molar refractivity (Wildman–Crippen MR) is 63.6 cm³/mol. The van der Waals surface area contributed by atoms with Gasteiger partial charge in [-0.05, 0) is 6.42 Å². The van der Waals surface area contributed by atoms with Crippen molar-refractivity contribution in [1.82, 2.24) is 10.2 Å². The molecule has 0 fully saturated rings. The summed E-state index contributed by atoms with van der Waals surface area (Å²) >= 11 is 1.40. The second-order valence-corrected chi connectivity index (χ2v) is 4.33. The second kappa shape index (κ2) is 7.29. The summed E-state index contributed by atoms with van der Waals surface area (Å²) < 4.78 is 5.35. The number of hydrogen-bond acceptors (Lipinski definition) is 5. The van der Waals surface area contributed by atoms with Gasteiger partial charge in [-0.25, -0.2) is 0 Å². The van der Waals surface area contributed by atoms with Crippen LogP contribution in [-0.4, -0.2) is 29.3 Å². The largest absolute Gasteiger partial charge is 0.381 e. The smallest absolute Gasteiger partial charge is 0.225 e. The lowest BCUT2D eigenvalue weighted by molar-refractivity contribution is -0.115. The Labute approximate surface area is 99.2 Å². The number of carbonyl (C=O) groups is 1. The molecule has 5 nitrogen and oxygen atoms in total. The van der Waals surface area contributed by atoms with E-state index in [2.05, 4.69) is 22.4 Å². The molecule has 1 amide bonds. The van der Waals surface area contributed by atoms with Gasteiger partial charge in [0.05, 0.1) is 6.61 Å². The van der Waals surface area contributed by atoms with Gasteiger partial charge in [0, 0.05) is 19.4 Å². The number of anilines is 1. The standard InChI is InChI=1S/C10H17N3O2S/c1-3-6-15-7-5-9-12-13-10(16-9)11-8(14)4-2/h3-7H2,1-2H3,(H,11,13,14). The topological polar surface area (TPSA) is 64.1 Å². The SMILES string of the molecule is CCCOCCc1nnc(NC(=O)CC)s1. The maximum atomic E-state index is 11.1. The maximum Gasteiger partial charge on any atom is 0.225 e. The van der Waals surface area contributed by atoms with Gasteiger partial charge in [0.2, 0.25) is 11.0 Å². The number of carbonyl (C=O) groups excluding carboxylic acids is 1. The quantitative estimate of drug-likeness (QED) is 0.742. The number of amides is 1. The van der Waals surface area contributed by atoms with Crippen molar-refractivity contribution in [2.75, 3.05) is 18.5 Å². The summed E-state index contributed by atoms with van der Waals surface area (Å²) in [4.78, 5) is 11.1. The lowest BCUT2D eigenvalue weighted by Gasteiger charge is -1.98. The lowest BCUT2D eigenvalue weighted by Crippen LogP contribution is -2.08. The van der Waals surface area contributed by atoms with Crippen LogP contribution in [0.4, 0.5) is 5.13 Å².